The van der Waals surface area contributed by atoms with Crippen molar-refractivity contribution in [2.24, 2.45) is 0 Å². The van der Waals surface area contributed by atoms with Gasteiger partial charge in [-0.3, -0.25) is 9.78 Å². The fraction of sp³-hybridized carbons (Fsp3) is 0.0952. The first-order chi connectivity index (χ1) is 13.2. The molecule has 5 nitrogen and oxygen atoms in total. The van der Waals surface area contributed by atoms with Gasteiger partial charge in [0.25, 0.3) is 0 Å². The Balaban J connectivity index is 1.89. The monoisotopic (exact) mass is 377 g/mol. The number of hydrogen-bond acceptors (Lipinski definition) is 5. The molecule has 0 spiro atoms. The minimum Gasteiger partial charge on any atom is -0.377 e. The van der Waals surface area contributed by atoms with Gasteiger partial charge >= 0.3 is 0 Å². The number of carbonyl (C=O) groups is 1. The maximum Gasteiger partial charge on any atom is 0.188 e. The van der Waals surface area contributed by atoms with E-state index in [4.69, 9.17) is 21.3 Å². The molecule has 4 rings (SSSR count). The Bertz CT molecular complexity index is 1160. The SMILES string of the molecule is COCC(=O)c1ccc2c(c1)nc(Nc1cccc(Cl)c1)c1ccncc12. The Morgan fingerprint density at radius 3 is 2.81 bits per heavy atom. The lowest BCUT2D eigenvalue weighted by Crippen LogP contribution is -2.07. The largest absolute Gasteiger partial charge is 0.377 e. The average Bonchev–Trinajstić information content (AvgIpc) is 2.68. The standard InChI is InChI=1S/C21H16ClN3O2/c1-27-12-20(26)13-5-6-16-18-11-23-8-7-17(18)21(25-19(16)9-13)24-15-4-2-3-14(22)10-15/h2-11H,12H2,1H3,(H,24,25). The lowest BCUT2D eigenvalue weighted by atomic mass is 10.0. The third-order valence-electron chi connectivity index (χ3n) is 4.28. The Labute approximate surface area is 161 Å². The zero-order valence-corrected chi connectivity index (χ0v) is 15.3. The second kappa shape index (κ2) is 7.31. The minimum absolute atomic E-state index is 0.0360. The number of halogens is 1. The van der Waals surface area contributed by atoms with E-state index in [-0.39, 0.29) is 12.4 Å². The number of rotatable bonds is 5. The van der Waals surface area contributed by atoms with Gasteiger partial charge in [0.05, 0.1) is 5.52 Å². The number of nitrogens with zero attached hydrogens (tertiary/aromatic N) is 2. The third-order valence-corrected chi connectivity index (χ3v) is 4.52. The summed E-state index contributed by atoms with van der Waals surface area (Å²) in [5.74, 6) is 0.593. The van der Waals surface area contributed by atoms with Crippen LogP contribution in [-0.2, 0) is 4.74 Å². The summed E-state index contributed by atoms with van der Waals surface area (Å²) in [6.07, 6.45) is 3.54. The van der Waals surface area contributed by atoms with Crippen LogP contribution in [0.3, 0.4) is 0 Å². The highest BCUT2D eigenvalue weighted by atomic mass is 35.5. The highest BCUT2D eigenvalue weighted by Gasteiger charge is 2.12. The Morgan fingerprint density at radius 2 is 2.00 bits per heavy atom. The van der Waals surface area contributed by atoms with Crippen molar-refractivity contribution in [3.63, 3.8) is 0 Å². The predicted octanol–water partition coefficient (Wildman–Crippen LogP) is 5.01. The maximum atomic E-state index is 12.2. The number of fused-ring (bicyclic) bond motifs is 3. The highest BCUT2D eigenvalue weighted by molar-refractivity contribution is 6.30. The number of Topliss-reactive ketones (excluding diaryl/α,β-unsaturated/α-hetero) is 1. The van der Waals surface area contributed by atoms with Crippen LogP contribution in [0.5, 0.6) is 0 Å². The summed E-state index contributed by atoms with van der Waals surface area (Å²) in [7, 11) is 1.50. The van der Waals surface area contributed by atoms with Crippen molar-refractivity contribution in [3.8, 4) is 0 Å². The topological polar surface area (TPSA) is 64.1 Å². The van der Waals surface area contributed by atoms with Crippen LogP contribution < -0.4 is 5.32 Å². The normalized spacial score (nSPS) is 11.0. The van der Waals surface area contributed by atoms with E-state index in [1.165, 1.54) is 7.11 Å². The number of methoxy groups -OCH3 is 1. The summed E-state index contributed by atoms with van der Waals surface area (Å²) in [6, 6.07) is 14.8. The van der Waals surface area contributed by atoms with Gasteiger partial charge in [-0.1, -0.05) is 29.8 Å². The molecule has 0 radical (unpaired) electrons. The minimum atomic E-state index is -0.0863. The van der Waals surface area contributed by atoms with Crippen molar-refractivity contribution < 1.29 is 9.53 Å². The molecule has 0 fully saturated rings. The lowest BCUT2D eigenvalue weighted by Gasteiger charge is -2.12. The fourth-order valence-electron chi connectivity index (χ4n) is 3.03. The third kappa shape index (κ3) is 3.47. The van der Waals surface area contributed by atoms with Gasteiger partial charge in [-0.05, 0) is 30.3 Å². The molecular formula is C21H16ClN3O2. The van der Waals surface area contributed by atoms with Crippen molar-refractivity contribution in [2.75, 3.05) is 19.0 Å². The van der Waals surface area contributed by atoms with Crippen LogP contribution in [0.15, 0.2) is 60.9 Å². The van der Waals surface area contributed by atoms with E-state index in [1.807, 2.05) is 36.4 Å². The van der Waals surface area contributed by atoms with Crippen LogP contribution in [0, 0.1) is 0 Å². The number of ketones is 1. The van der Waals surface area contributed by atoms with Gasteiger partial charge in [0.2, 0.25) is 0 Å². The molecule has 0 saturated carbocycles. The van der Waals surface area contributed by atoms with Crippen LogP contribution in [0.25, 0.3) is 21.7 Å². The van der Waals surface area contributed by atoms with Crippen LogP contribution in [0.4, 0.5) is 11.5 Å². The first-order valence-electron chi connectivity index (χ1n) is 8.38. The molecular weight excluding hydrogens is 362 g/mol. The molecule has 0 unspecified atom stereocenters. The second-order valence-electron chi connectivity index (χ2n) is 6.11. The van der Waals surface area contributed by atoms with Gasteiger partial charge in [-0.15, -0.1) is 0 Å². The van der Waals surface area contributed by atoms with E-state index in [0.29, 0.717) is 21.9 Å². The number of anilines is 2. The molecule has 2 heterocycles. The lowest BCUT2D eigenvalue weighted by molar-refractivity contribution is 0.0848. The molecule has 0 aliphatic heterocycles. The number of hydrogen-bond donors (Lipinski definition) is 1. The van der Waals surface area contributed by atoms with Gasteiger partial charge < -0.3 is 10.1 Å². The van der Waals surface area contributed by atoms with E-state index in [0.717, 1.165) is 21.8 Å². The molecule has 134 valence electrons. The molecule has 0 saturated heterocycles. The summed E-state index contributed by atoms with van der Waals surface area (Å²) in [6.45, 7) is 0.0360. The molecule has 2 aromatic carbocycles. The van der Waals surface area contributed by atoms with Crippen molar-refractivity contribution in [2.45, 2.75) is 0 Å². The number of aromatic nitrogens is 2. The van der Waals surface area contributed by atoms with Gasteiger partial charge in [0, 0.05) is 51.9 Å². The molecule has 27 heavy (non-hydrogen) atoms. The molecule has 6 heteroatoms. The summed E-state index contributed by atoms with van der Waals surface area (Å²) >= 11 is 6.09. The van der Waals surface area contributed by atoms with E-state index in [2.05, 4.69) is 10.3 Å². The molecule has 0 atom stereocenters. The van der Waals surface area contributed by atoms with Crippen molar-refractivity contribution in [3.05, 3.63) is 71.5 Å². The van der Waals surface area contributed by atoms with Crippen molar-refractivity contribution in [1.29, 1.82) is 0 Å². The average molecular weight is 378 g/mol. The van der Waals surface area contributed by atoms with E-state index >= 15 is 0 Å². The van der Waals surface area contributed by atoms with Crippen LogP contribution in [0.1, 0.15) is 10.4 Å². The van der Waals surface area contributed by atoms with Crippen LogP contribution in [-0.4, -0.2) is 29.5 Å². The first kappa shape index (κ1) is 17.4. The van der Waals surface area contributed by atoms with E-state index in [1.54, 1.807) is 24.5 Å². The predicted molar refractivity (Wildman–Crippen MR) is 108 cm³/mol. The zero-order valence-electron chi connectivity index (χ0n) is 14.6. The Morgan fingerprint density at radius 1 is 1.11 bits per heavy atom. The van der Waals surface area contributed by atoms with Crippen LogP contribution >= 0.6 is 11.6 Å². The molecule has 0 aliphatic rings. The number of nitrogens with one attached hydrogen (secondary N) is 1. The number of pyridine rings is 2. The summed E-state index contributed by atoms with van der Waals surface area (Å²) in [5.41, 5.74) is 2.11. The molecule has 0 aliphatic carbocycles. The quantitative estimate of drug-likeness (QED) is 0.391. The second-order valence-corrected chi connectivity index (χ2v) is 6.54. The van der Waals surface area contributed by atoms with Gasteiger partial charge in [-0.25, -0.2) is 4.98 Å². The van der Waals surface area contributed by atoms with Gasteiger partial charge in [0.1, 0.15) is 12.4 Å². The zero-order chi connectivity index (χ0) is 18.8. The summed E-state index contributed by atoms with van der Waals surface area (Å²) in [4.78, 5) is 21.2. The number of benzene rings is 2. The fourth-order valence-corrected chi connectivity index (χ4v) is 3.22. The summed E-state index contributed by atoms with van der Waals surface area (Å²) < 4.78 is 4.95. The molecule has 4 aromatic rings. The number of carbonyl (C=O) groups excluding carboxylic acids is 1. The van der Waals surface area contributed by atoms with Gasteiger partial charge in [-0.2, -0.15) is 0 Å². The van der Waals surface area contributed by atoms with Crippen LogP contribution in [0.2, 0.25) is 5.02 Å². The summed E-state index contributed by atoms with van der Waals surface area (Å²) in [5, 5.41) is 6.79. The smallest absolute Gasteiger partial charge is 0.188 e. The first-order valence-corrected chi connectivity index (χ1v) is 8.76. The number of ether oxygens (including phenoxy) is 1. The van der Waals surface area contributed by atoms with Gasteiger partial charge in [0.15, 0.2) is 5.78 Å². The molecule has 1 N–H and O–H groups in total. The van der Waals surface area contributed by atoms with Crippen molar-refractivity contribution in [1.82, 2.24) is 9.97 Å². The molecule has 0 bridgehead atoms. The van der Waals surface area contributed by atoms with E-state index < -0.39 is 0 Å². The molecule has 0 amide bonds. The van der Waals surface area contributed by atoms with Crippen molar-refractivity contribution >= 4 is 50.6 Å². The molecule has 2 aromatic heterocycles. The maximum absolute atomic E-state index is 12.2. The van der Waals surface area contributed by atoms with E-state index in [9.17, 15) is 4.79 Å². The Hall–Kier alpha value is -3.02. The highest BCUT2D eigenvalue weighted by Crippen LogP contribution is 2.31. The Kier molecular flexibility index (Phi) is 4.71.